The Morgan fingerprint density at radius 2 is 1.41 bits per heavy atom. The van der Waals surface area contributed by atoms with E-state index in [1.54, 1.807) is 0 Å². The summed E-state index contributed by atoms with van der Waals surface area (Å²) in [5.74, 6) is -8.55. The van der Waals surface area contributed by atoms with Crippen LogP contribution >= 0.6 is 15.9 Å². The van der Waals surface area contributed by atoms with Crippen molar-refractivity contribution < 1.29 is 71.4 Å². The van der Waals surface area contributed by atoms with Gasteiger partial charge in [-0.2, -0.15) is 26.3 Å². The van der Waals surface area contributed by atoms with Gasteiger partial charge in [-0.25, -0.2) is 17.6 Å². The van der Waals surface area contributed by atoms with Crippen molar-refractivity contribution in [3.63, 3.8) is 0 Å². The number of Topliss-reactive ketones (excluding diaryl/α,β-unsaturated/α-hetero) is 1. The fourth-order valence-corrected chi connectivity index (χ4v) is 4.45. The van der Waals surface area contributed by atoms with Gasteiger partial charge >= 0.3 is 24.4 Å². The van der Waals surface area contributed by atoms with Crippen LogP contribution in [0.2, 0.25) is 0 Å². The van der Waals surface area contributed by atoms with Gasteiger partial charge in [0, 0.05) is 34.6 Å². The Morgan fingerprint density at radius 3 is 1.93 bits per heavy atom. The maximum absolute atomic E-state index is 15.4. The second-order valence-electron chi connectivity index (χ2n) is 8.87. The number of ether oxygens (including phenoxy) is 1. The van der Waals surface area contributed by atoms with Crippen molar-refractivity contribution in [2.45, 2.75) is 30.8 Å². The summed E-state index contributed by atoms with van der Waals surface area (Å²) in [4.78, 5) is 26.2. The van der Waals surface area contributed by atoms with Crippen molar-refractivity contribution in [1.82, 2.24) is 0 Å². The molecule has 0 aliphatic rings. The van der Waals surface area contributed by atoms with Gasteiger partial charge < -0.3 is 9.64 Å². The highest BCUT2D eigenvalue weighted by Gasteiger charge is 2.73. The highest BCUT2D eigenvalue weighted by Crippen LogP contribution is 2.54. The van der Waals surface area contributed by atoms with Crippen LogP contribution in [-0.2, 0) is 12.1 Å². The molecule has 0 aliphatic heterocycles. The van der Waals surface area contributed by atoms with Crippen molar-refractivity contribution in [1.29, 1.82) is 0 Å². The van der Waals surface area contributed by atoms with Crippen LogP contribution in [0.3, 0.4) is 0 Å². The summed E-state index contributed by atoms with van der Waals surface area (Å²) in [5, 5.41) is 0. The van der Waals surface area contributed by atoms with Gasteiger partial charge in [-0.15, -0.1) is 13.2 Å². The van der Waals surface area contributed by atoms with Gasteiger partial charge in [0.2, 0.25) is 0 Å². The van der Waals surface area contributed by atoms with Crippen LogP contribution in [0.15, 0.2) is 53.0 Å². The second kappa shape index (κ2) is 11.9. The lowest BCUT2D eigenvalue weighted by Gasteiger charge is -2.31. The van der Waals surface area contributed by atoms with E-state index in [4.69, 9.17) is 0 Å². The Hall–Kier alpha value is -3.83. The molecule has 238 valence electrons. The highest BCUT2D eigenvalue weighted by atomic mass is 79.9. The normalized spacial score (nSPS) is 12.7. The molecule has 0 aromatic heterocycles. The molecule has 0 unspecified atom stereocenters. The molecule has 0 radical (unpaired) electrons. The predicted octanol–water partition coefficient (Wildman–Crippen LogP) is 8.76. The van der Waals surface area contributed by atoms with E-state index in [1.165, 1.54) is 0 Å². The first-order chi connectivity index (χ1) is 20.0. The third-order valence-electron chi connectivity index (χ3n) is 6.01. The van der Waals surface area contributed by atoms with E-state index in [0.717, 1.165) is 31.3 Å². The van der Waals surface area contributed by atoms with Crippen LogP contribution in [0, 0.1) is 17.5 Å². The summed E-state index contributed by atoms with van der Waals surface area (Å²) in [6, 6.07) is 3.98. The van der Waals surface area contributed by atoms with Crippen LogP contribution in [0.4, 0.5) is 62.8 Å². The molecular formula is C26H13BrF13NO3. The van der Waals surface area contributed by atoms with E-state index in [9.17, 15) is 62.3 Å². The summed E-state index contributed by atoms with van der Waals surface area (Å²) < 4.78 is 178. The molecule has 0 fully saturated rings. The zero-order chi connectivity index (χ0) is 33.6. The third kappa shape index (κ3) is 6.78. The molecule has 0 bridgehead atoms. The number of benzene rings is 3. The number of rotatable bonds is 7. The molecule has 1 amide bonds. The van der Waals surface area contributed by atoms with Crippen LogP contribution in [0.1, 0.15) is 31.8 Å². The van der Waals surface area contributed by atoms with Gasteiger partial charge in [0.25, 0.3) is 5.91 Å². The third-order valence-corrected chi connectivity index (χ3v) is 6.72. The van der Waals surface area contributed by atoms with Crippen molar-refractivity contribution in [3.05, 3.63) is 92.7 Å². The Labute approximate surface area is 246 Å². The molecule has 3 aromatic rings. The maximum Gasteiger partial charge on any atom is 0.573 e. The first-order valence-corrected chi connectivity index (χ1v) is 12.2. The standard InChI is InChI=1S/C26H13BrF13NO3/c1-41(22(43)11-5-6-16(28)17(29)7-11)18-4-2-3-13(21(18)30)19(42)10-14-15(27)8-12(9-20(14)44-26(38,39)40)23(31,24(32,33)34)25(35,36)37/h2-9H,10H2,1H3. The average molecular weight is 714 g/mol. The first-order valence-electron chi connectivity index (χ1n) is 11.5. The largest absolute Gasteiger partial charge is 0.573 e. The number of halogens is 14. The van der Waals surface area contributed by atoms with E-state index in [0.29, 0.717) is 17.0 Å². The molecule has 0 aliphatic carbocycles. The zero-order valence-electron chi connectivity index (χ0n) is 21.3. The lowest BCUT2D eigenvalue weighted by Crippen LogP contribution is -2.50. The summed E-state index contributed by atoms with van der Waals surface area (Å²) in [5.41, 5.74) is -11.6. The molecule has 0 spiro atoms. The average Bonchev–Trinajstić information content (AvgIpc) is 2.88. The van der Waals surface area contributed by atoms with Gasteiger partial charge in [0.05, 0.1) is 11.3 Å². The lowest BCUT2D eigenvalue weighted by molar-refractivity contribution is -0.348. The van der Waals surface area contributed by atoms with Crippen LogP contribution in [0.5, 0.6) is 5.75 Å². The lowest BCUT2D eigenvalue weighted by atomic mass is 9.91. The molecule has 0 heterocycles. The van der Waals surface area contributed by atoms with Gasteiger partial charge in [-0.3, -0.25) is 9.59 Å². The monoisotopic (exact) mass is 713 g/mol. The Bertz CT molecular complexity index is 1590. The Kier molecular flexibility index (Phi) is 9.40. The smallest absolute Gasteiger partial charge is 0.405 e. The molecule has 0 atom stereocenters. The fraction of sp³-hybridized carbons (Fsp3) is 0.231. The molecular weight excluding hydrogens is 701 g/mol. The second-order valence-corrected chi connectivity index (χ2v) is 9.72. The Balaban J connectivity index is 2.07. The predicted molar refractivity (Wildman–Crippen MR) is 129 cm³/mol. The summed E-state index contributed by atoms with van der Waals surface area (Å²) in [7, 11) is 0.964. The number of carbonyl (C=O) groups excluding carboxylic acids is 2. The van der Waals surface area contributed by atoms with Crippen LogP contribution in [-0.4, -0.2) is 37.5 Å². The van der Waals surface area contributed by atoms with Crippen molar-refractivity contribution in [2.75, 3.05) is 11.9 Å². The van der Waals surface area contributed by atoms with E-state index in [-0.39, 0.29) is 6.07 Å². The quantitative estimate of drug-likeness (QED) is 0.182. The molecule has 0 saturated carbocycles. The molecule has 3 aromatic carbocycles. The molecule has 0 N–H and O–H groups in total. The van der Waals surface area contributed by atoms with E-state index in [1.807, 2.05) is 0 Å². The van der Waals surface area contributed by atoms with Gasteiger partial charge in [0.15, 0.2) is 23.2 Å². The molecule has 0 saturated heterocycles. The fourth-order valence-electron chi connectivity index (χ4n) is 3.87. The number of hydrogen-bond acceptors (Lipinski definition) is 3. The van der Waals surface area contributed by atoms with E-state index < -0.39 is 104 Å². The van der Waals surface area contributed by atoms with Crippen LogP contribution < -0.4 is 9.64 Å². The zero-order valence-corrected chi connectivity index (χ0v) is 22.9. The Morgan fingerprint density at radius 1 is 0.818 bits per heavy atom. The molecule has 18 heteroatoms. The highest BCUT2D eigenvalue weighted by molar-refractivity contribution is 9.10. The summed E-state index contributed by atoms with van der Waals surface area (Å²) >= 11 is 2.44. The maximum atomic E-state index is 15.4. The van der Waals surface area contributed by atoms with Crippen LogP contribution in [0.25, 0.3) is 0 Å². The van der Waals surface area contributed by atoms with Gasteiger partial charge in [-0.05, 0) is 42.5 Å². The molecule has 44 heavy (non-hydrogen) atoms. The van der Waals surface area contributed by atoms with Crippen molar-refractivity contribution >= 4 is 33.3 Å². The number of carbonyl (C=O) groups is 2. The van der Waals surface area contributed by atoms with E-state index in [2.05, 4.69) is 20.7 Å². The summed E-state index contributed by atoms with van der Waals surface area (Å²) in [6.07, 6.45) is -20.5. The van der Waals surface area contributed by atoms with Crippen molar-refractivity contribution in [3.8, 4) is 5.75 Å². The SMILES string of the molecule is CN(C(=O)c1ccc(F)c(F)c1)c1cccc(C(=O)Cc2c(Br)cc(C(F)(C(F)(F)F)C(F)(F)F)cc2OC(F)(F)F)c1F. The number of nitrogens with zero attached hydrogens (tertiary/aromatic N) is 1. The van der Waals surface area contributed by atoms with Gasteiger partial charge in [0.1, 0.15) is 5.75 Å². The van der Waals surface area contributed by atoms with Gasteiger partial charge in [-0.1, -0.05) is 22.0 Å². The van der Waals surface area contributed by atoms with E-state index >= 15 is 4.39 Å². The molecule has 4 nitrogen and oxygen atoms in total. The number of alkyl halides is 10. The number of hydrogen-bond donors (Lipinski definition) is 0. The number of ketones is 1. The minimum Gasteiger partial charge on any atom is -0.405 e. The summed E-state index contributed by atoms with van der Waals surface area (Å²) in [6.45, 7) is 0. The topological polar surface area (TPSA) is 46.6 Å². The first kappa shape index (κ1) is 34.7. The minimum atomic E-state index is -6.70. The number of amides is 1. The minimum absolute atomic E-state index is 0.159. The molecule has 3 rings (SSSR count). The van der Waals surface area contributed by atoms with Crippen molar-refractivity contribution in [2.24, 2.45) is 0 Å². The number of anilines is 1.